The van der Waals surface area contributed by atoms with E-state index in [2.05, 4.69) is 197 Å². The number of fused-ring (bicyclic) bond motifs is 9. The van der Waals surface area contributed by atoms with Crippen LogP contribution in [0.3, 0.4) is 0 Å². The normalized spacial score (nSPS) is 21.4. The zero-order chi connectivity index (χ0) is 43.8. The van der Waals surface area contributed by atoms with Crippen molar-refractivity contribution in [3.05, 3.63) is 123 Å². The number of benzene rings is 5. The Morgan fingerprint density at radius 3 is 1.61 bits per heavy atom. The van der Waals surface area contributed by atoms with Crippen LogP contribution in [0.15, 0.2) is 78.9 Å². The van der Waals surface area contributed by atoms with Crippen molar-refractivity contribution in [1.82, 2.24) is 0 Å². The molecule has 2 nitrogen and oxygen atoms in total. The summed E-state index contributed by atoms with van der Waals surface area (Å²) in [5.41, 5.74) is 23.7. The summed E-state index contributed by atoms with van der Waals surface area (Å²) in [6.07, 6.45) is 7.23. The lowest BCUT2D eigenvalue weighted by Gasteiger charge is -2.48. The van der Waals surface area contributed by atoms with E-state index in [1.807, 2.05) is 0 Å². The van der Waals surface area contributed by atoms with Gasteiger partial charge in [0.2, 0.25) is 0 Å². The second-order valence-electron chi connectivity index (χ2n) is 24.2. The molecule has 0 atom stereocenters. The van der Waals surface area contributed by atoms with Crippen LogP contribution in [0.5, 0.6) is 0 Å². The number of para-hydroxylation sites is 1. The van der Waals surface area contributed by atoms with E-state index in [9.17, 15) is 0 Å². The summed E-state index contributed by atoms with van der Waals surface area (Å²) < 4.78 is 2.90. The molecule has 6 aromatic rings. The van der Waals surface area contributed by atoms with Crippen LogP contribution in [-0.4, -0.2) is 6.71 Å². The highest BCUT2D eigenvalue weighted by Crippen LogP contribution is 2.56. The Kier molecular flexibility index (Phi) is 8.30. The van der Waals surface area contributed by atoms with E-state index in [1.165, 1.54) is 121 Å². The minimum atomic E-state index is 0.0811. The summed E-state index contributed by atoms with van der Waals surface area (Å²) in [4.78, 5) is 5.42. The molecule has 0 fully saturated rings. The molecule has 62 heavy (non-hydrogen) atoms. The summed E-state index contributed by atoms with van der Waals surface area (Å²) in [6.45, 7) is 34.8. The maximum Gasteiger partial charge on any atom is 0.264 e. The lowest BCUT2D eigenvalue weighted by Crippen LogP contribution is -2.61. The van der Waals surface area contributed by atoms with Crippen molar-refractivity contribution in [3.63, 3.8) is 0 Å². The molecule has 2 aliphatic heterocycles. The molecular weight excluding hydrogens is 768 g/mol. The molecule has 0 amide bonds. The van der Waals surface area contributed by atoms with E-state index >= 15 is 0 Å². The van der Waals surface area contributed by atoms with Crippen LogP contribution in [-0.2, 0) is 32.5 Å². The predicted molar refractivity (Wildman–Crippen MR) is 271 cm³/mol. The van der Waals surface area contributed by atoms with E-state index in [0.29, 0.717) is 0 Å². The molecule has 11 rings (SSSR count). The molecule has 5 aliphatic rings. The average Bonchev–Trinajstić information content (AvgIpc) is 3.58. The Balaban J connectivity index is 1.28. The fraction of sp³-hybridized carbons (Fsp3) is 0.448. The maximum atomic E-state index is 2.76. The fourth-order valence-electron chi connectivity index (χ4n) is 13.2. The third kappa shape index (κ3) is 5.47. The van der Waals surface area contributed by atoms with Gasteiger partial charge in [-0.05, 0) is 183 Å². The SMILES string of the molecule is Cc1cc2c(c(C)c1N1c3cc4c(cc3B3c5sc6cc7c(cc6c5N(c5ccccc5)c5cccc1c53)C(C)(C)CCC7(C)C)C(C)(C)CCC4(C)C)C(C)(C)CCC2(C)C. The lowest BCUT2D eigenvalue weighted by atomic mass is 9.35. The Labute approximate surface area is 377 Å². The van der Waals surface area contributed by atoms with Gasteiger partial charge in [0.15, 0.2) is 0 Å². The molecule has 1 aromatic heterocycles. The van der Waals surface area contributed by atoms with Crippen LogP contribution < -0.4 is 25.5 Å². The third-order valence-electron chi connectivity index (χ3n) is 17.3. The van der Waals surface area contributed by atoms with Crippen LogP contribution in [0.2, 0.25) is 0 Å². The minimum absolute atomic E-state index is 0.0811. The molecule has 0 spiro atoms. The van der Waals surface area contributed by atoms with Crippen LogP contribution in [0.4, 0.5) is 34.1 Å². The second-order valence-corrected chi connectivity index (χ2v) is 25.3. The van der Waals surface area contributed by atoms with Crippen molar-refractivity contribution < 1.29 is 0 Å². The van der Waals surface area contributed by atoms with Crippen molar-refractivity contribution in [2.75, 3.05) is 9.80 Å². The zero-order valence-electron chi connectivity index (χ0n) is 40.1. The Morgan fingerprint density at radius 1 is 0.484 bits per heavy atom. The highest BCUT2D eigenvalue weighted by molar-refractivity contribution is 7.33. The van der Waals surface area contributed by atoms with E-state index in [1.54, 1.807) is 22.3 Å². The highest BCUT2D eigenvalue weighted by Gasteiger charge is 2.49. The van der Waals surface area contributed by atoms with E-state index < -0.39 is 0 Å². The van der Waals surface area contributed by atoms with Crippen LogP contribution in [0.25, 0.3) is 10.1 Å². The van der Waals surface area contributed by atoms with Crippen molar-refractivity contribution >= 4 is 78.0 Å². The number of nitrogens with zero attached hydrogens (tertiary/aromatic N) is 2. The standard InChI is InChI=1S/C58H67BN2S/c1-34-29-42-48(58(13,14)28-27-57(42,11)12)35(2)50(34)61-45-22-18-21-44-49(45)59(43-31-39-40(32-46(43)61)55(7,8)25-24-54(39,5)6)52-51(60(44)36-19-16-15-17-20-36)37-30-38-41(33-47(37)62-52)56(9,10)26-23-53(38,3)4/h15-22,29-33H,23-28H2,1-14H3. The number of aryl methyl sites for hydroxylation is 1. The topological polar surface area (TPSA) is 6.48 Å². The smallest absolute Gasteiger partial charge is 0.264 e. The summed E-state index contributed by atoms with van der Waals surface area (Å²) in [7, 11) is 0. The lowest BCUT2D eigenvalue weighted by molar-refractivity contribution is 0.330. The summed E-state index contributed by atoms with van der Waals surface area (Å²) in [5, 5.41) is 1.41. The molecule has 3 aliphatic carbocycles. The first-order chi connectivity index (χ1) is 29.0. The number of hydrogen-bond donors (Lipinski definition) is 0. The van der Waals surface area contributed by atoms with Gasteiger partial charge in [-0.2, -0.15) is 0 Å². The van der Waals surface area contributed by atoms with Gasteiger partial charge in [0.25, 0.3) is 6.71 Å². The fourth-order valence-corrected chi connectivity index (χ4v) is 14.6. The molecule has 5 aromatic carbocycles. The Hall–Kier alpha value is -4.28. The van der Waals surface area contributed by atoms with Gasteiger partial charge >= 0.3 is 0 Å². The Bertz CT molecular complexity index is 2900. The van der Waals surface area contributed by atoms with Gasteiger partial charge < -0.3 is 9.80 Å². The zero-order valence-corrected chi connectivity index (χ0v) is 40.9. The molecule has 3 heterocycles. The van der Waals surface area contributed by atoms with E-state index in [0.717, 1.165) is 0 Å². The monoisotopic (exact) mass is 835 g/mol. The molecule has 4 heteroatoms. The van der Waals surface area contributed by atoms with Crippen molar-refractivity contribution in [3.8, 4) is 0 Å². The van der Waals surface area contributed by atoms with Gasteiger partial charge in [-0.15, -0.1) is 11.3 Å². The summed E-state index contributed by atoms with van der Waals surface area (Å²) in [5.74, 6) is 0. The largest absolute Gasteiger partial charge is 0.311 e. The molecular formula is C58H67BN2S. The second kappa shape index (κ2) is 12.7. The first-order valence-corrected chi connectivity index (χ1v) is 24.6. The quantitative estimate of drug-likeness (QED) is 0.160. The minimum Gasteiger partial charge on any atom is -0.311 e. The molecule has 0 saturated heterocycles. The number of anilines is 6. The first kappa shape index (κ1) is 40.5. The number of rotatable bonds is 2. The molecule has 318 valence electrons. The van der Waals surface area contributed by atoms with Crippen molar-refractivity contribution in [2.45, 2.75) is 168 Å². The first-order valence-electron chi connectivity index (χ1n) is 23.8. The molecule has 0 bridgehead atoms. The molecule has 0 N–H and O–H groups in total. The van der Waals surface area contributed by atoms with Crippen LogP contribution >= 0.6 is 11.3 Å². The van der Waals surface area contributed by atoms with Gasteiger partial charge in [-0.1, -0.05) is 119 Å². The van der Waals surface area contributed by atoms with Gasteiger partial charge in [-0.3, -0.25) is 0 Å². The van der Waals surface area contributed by atoms with Gasteiger partial charge in [-0.25, -0.2) is 0 Å². The number of hydrogen-bond acceptors (Lipinski definition) is 3. The van der Waals surface area contributed by atoms with Crippen LogP contribution in [0.1, 0.15) is 166 Å². The van der Waals surface area contributed by atoms with Gasteiger partial charge in [0.1, 0.15) is 0 Å². The molecule has 0 saturated carbocycles. The van der Waals surface area contributed by atoms with Gasteiger partial charge in [0, 0.05) is 37.6 Å². The van der Waals surface area contributed by atoms with Gasteiger partial charge in [0.05, 0.1) is 11.4 Å². The third-order valence-corrected chi connectivity index (χ3v) is 18.5. The van der Waals surface area contributed by atoms with Crippen molar-refractivity contribution in [1.29, 1.82) is 0 Å². The van der Waals surface area contributed by atoms with Crippen LogP contribution in [0, 0.1) is 13.8 Å². The van der Waals surface area contributed by atoms with Crippen molar-refractivity contribution in [2.24, 2.45) is 0 Å². The number of thiophene rings is 1. The predicted octanol–water partition coefficient (Wildman–Crippen LogP) is 14.6. The molecule has 0 unspecified atom stereocenters. The Morgan fingerprint density at radius 2 is 1.00 bits per heavy atom. The van der Waals surface area contributed by atoms with E-state index in [4.69, 9.17) is 0 Å². The molecule has 0 radical (unpaired) electrons. The highest BCUT2D eigenvalue weighted by atomic mass is 32.1. The van der Waals surface area contributed by atoms with E-state index in [-0.39, 0.29) is 39.2 Å². The average molecular weight is 835 g/mol. The maximum absolute atomic E-state index is 2.76. The summed E-state index contributed by atoms with van der Waals surface area (Å²) >= 11 is 2.07. The summed E-state index contributed by atoms with van der Waals surface area (Å²) in [6, 6.07) is 31.8.